The summed E-state index contributed by atoms with van der Waals surface area (Å²) < 4.78 is 0. The second-order valence-electron chi connectivity index (χ2n) is 10.7. The van der Waals surface area contributed by atoms with Crippen molar-refractivity contribution in [2.24, 2.45) is 21.7 Å². The molecule has 0 rings (SSSR count). The van der Waals surface area contributed by atoms with Crippen molar-refractivity contribution >= 4 is 57.0 Å². The Balaban J connectivity index is -0.000000192. The monoisotopic (exact) mass is 472 g/mol. The number of carbonyl (C=O) groups is 2. The minimum Gasteiger partial charge on any atom is -0.875 e. The smallest absolute Gasteiger partial charge is 0.875 e. The van der Waals surface area contributed by atoms with Gasteiger partial charge in [0.05, 0.1) is 0 Å². The van der Waals surface area contributed by atoms with E-state index in [1.165, 1.54) is 12.2 Å². The molecular formula is C22H40O5Sr. The van der Waals surface area contributed by atoms with E-state index in [4.69, 9.17) is 0 Å². The zero-order valence-corrected chi connectivity index (χ0v) is 23.5. The molecule has 0 aromatic heterocycles. The standard InChI is InChI=1S/2C11H20O2.H2O.Sr/c2*1-10(2,3)8(12)7-9(13)11(4,5)6;;/h2*7,12H,1-6H3;1H2;/q;;;+2/p-2/b2*8-7-;;. The SMILES string of the molecule is CC(C)(C)C(=O)/C=C(\[O-])C(C)(C)C.CC(C)(C)C(=O)/C=C(\[O-])C(C)(C)C.O.[Sr+2]. The van der Waals surface area contributed by atoms with Crippen LogP contribution in [0, 0.1) is 21.7 Å². The first-order valence-corrected chi connectivity index (χ1v) is 8.97. The molecule has 0 fully saturated rings. The molecule has 0 aliphatic carbocycles. The Hall–Kier alpha value is -0.139. The van der Waals surface area contributed by atoms with Crippen molar-refractivity contribution in [1.82, 2.24) is 0 Å². The topological polar surface area (TPSA) is 112 Å². The van der Waals surface area contributed by atoms with Crippen molar-refractivity contribution < 1.29 is 25.3 Å². The molecule has 0 amide bonds. The van der Waals surface area contributed by atoms with Crippen LogP contribution in [-0.4, -0.2) is 62.5 Å². The zero-order valence-electron chi connectivity index (χ0n) is 20.0. The first-order chi connectivity index (χ1) is 11.1. The Morgan fingerprint density at radius 1 is 0.536 bits per heavy atom. The van der Waals surface area contributed by atoms with Gasteiger partial charge in [-0.25, -0.2) is 0 Å². The van der Waals surface area contributed by atoms with Crippen molar-refractivity contribution in [3.05, 3.63) is 23.7 Å². The predicted molar refractivity (Wildman–Crippen MR) is 113 cm³/mol. The molecule has 0 aromatic carbocycles. The van der Waals surface area contributed by atoms with Gasteiger partial charge < -0.3 is 15.7 Å². The van der Waals surface area contributed by atoms with Crippen LogP contribution in [0.25, 0.3) is 0 Å². The van der Waals surface area contributed by atoms with E-state index in [1.54, 1.807) is 0 Å². The molecule has 0 radical (unpaired) electrons. The molecule has 0 unspecified atom stereocenters. The van der Waals surface area contributed by atoms with E-state index in [1.807, 2.05) is 83.1 Å². The molecule has 0 heterocycles. The van der Waals surface area contributed by atoms with E-state index < -0.39 is 21.7 Å². The summed E-state index contributed by atoms with van der Waals surface area (Å²) in [6, 6.07) is 0. The van der Waals surface area contributed by atoms with E-state index in [0.29, 0.717) is 0 Å². The van der Waals surface area contributed by atoms with Gasteiger partial charge in [0.2, 0.25) is 0 Å². The van der Waals surface area contributed by atoms with Crippen LogP contribution in [0.2, 0.25) is 0 Å². The Labute approximate surface area is 209 Å². The van der Waals surface area contributed by atoms with Crippen molar-refractivity contribution in [3.8, 4) is 0 Å². The van der Waals surface area contributed by atoms with Crippen molar-refractivity contribution in [3.63, 3.8) is 0 Å². The number of rotatable bonds is 2. The van der Waals surface area contributed by atoms with Crippen molar-refractivity contribution in [1.29, 1.82) is 0 Å². The van der Waals surface area contributed by atoms with Crippen LogP contribution in [0.1, 0.15) is 83.1 Å². The molecule has 0 spiro atoms. The molecule has 0 aliphatic heterocycles. The third-order valence-electron chi connectivity index (χ3n) is 3.48. The average Bonchev–Trinajstić information content (AvgIpc) is 2.34. The number of carbonyl (C=O) groups excluding carboxylic acids is 2. The molecule has 28 heavy (non-hydrogen) atoms. The molecule has 0 atom stereocenters. The summed E-state index contributed by atoms with van der Waals surface area (Å²) >= 11 is 0. The minimum atomic E-state index is -0.457. The molecule has 0 saturated heterocycles. The van der Waals surface area contributed by atoms with Crippen LogP contribution in [0.15, 0.2) is 23.7 Å². The van der Waals surface area contributed by atoms with Gasteiger partial charge in [0.1, 0.15) is 0 Å². The van der Waals surface area contributed by atoms with Crippen LogP contribution < -0.4 is 10.2 Å². The summed E-state index contributed by atoms with van der Waals surface area (Å²) in [7, 11) is 0. The fourth-order valence-electron chi connectivity index (χ4n) is 1.10. The predicted octanol–water partition coefficient (Wildman–Crippen LogP) is 2.58. The van der Waals surface area contributed by atoms with Crippen LogP contribution in [0.5, 0.6) is 0 Å². The van der Waals surface area contributed by atoms with Crippen LogP contribution in [0.3, 0.4) is 0 Å². The van der Waals surface area contributed by atoms with Crippen LogP contribution in [-0.2, 0) is 9.59 Å². The summed E-state index contributed by atoms with van der Waals surface area (Å²) in [5.74, 6) is -0.417. The second kappa shape index (κ2) is 12.5. The fraction of sp³-hybridized carbons (Fsp3) is 0.727. The fourth-order valence-corrected chi connectivity index (χ4v) is 1.10. The summed E-state index contributed by atoms with van der Waals surface area (Å²) in [5, 5.41) is 22.9. The Kier molecular flexibility index (Phi) is 15.8. The Morgan fingerprint density at radius 3 is 0.821 bits per heavy atom. The number of allylic oxidation sites excluding steroid dienone is 4. The number of hydrogen-bond donors (Lipinski definition) is 0. The largest absolute Gasteiger partial charge is 2.00 e. The zero-order chi connectivity index (χ0) is 21.7. The Bertz CT molecular complexity index is 508. The van der Waals surface area contributed by atoms with Gasteiger partial charge in [-0.1, -0.05) is 83.1 Å². The molecule has 2 N–H and O–H groups in total. The normalized spacial score (nSPS) is 13.4. The van der Waals surface area contributed by atoms with Crippen LogP contribution in [0.4, 0.5) is 0 Å². The molecule has 5 nitrogen and oxygen atoms in total. The molecular weight excluding hydrogens is 432 g/mol. The summed E-state index contributed by atoms with van der Waals surface area (Å²) in [4.78, 5) is 22.9. The third-order valence-corrected chi connectivity index (χ3v) is 3.48. The van der Waals surface area contributed by atoms with Gasteiger partial charge in [0, 0.05) is 10.8 Å². The van der Waals surface area contributed by atoms with E-state index in [-0.39, 0.29) is 74.0 Å². The summed E-state index contributed by atoms with van der Waals surface area (Å²) in [6.07, 6.45) is 2.44. The molecule has 0 aliphatic rings. The van der Waals surface area contributed by atoms with Gasteiger partial charge in [-0.3, -0.25) is 9.59 Å². The first-order valence-electron chi connectivity index (χ1n) is 8.97. The number of ketones is 2. The van der Waals surface area contributed by atoms with Gasteiger partial charge in [-0.05, 0) is 23.0 Å². The minimum absolute atomic E-state index is 0. The quantitative estimate of drug-likeness (QED) is 0.350. The number of hydrogen-bond acceptors (Lipinski definition) is 4. The maximum absolute atomic E-state index is 11.4. The van der Waals surface area contributed by atoms with Crippen molar-refractivity contribution in [2.45, 2.75) is 83.1 Å². The van der Waals surface area contributed by atoms with E-state index in [0.717, 1.165) is 0 Å². The molecule has 160 valence electrons. The molecule has 0 aromatic rings. The molecule has 6 heteroatoms. The van der Waals surface area contributed by atoms with Crippen LogP contribution >= 0.6 is 0 Å². The second-order valence-corrected chi connectivity index (χ2v) is 10.7. The van der Waals surface area contributed by atoms with E-state index in [9.17, 15) is 19.8 Å². The van der Waals surface area contributed by atoms with Gasteiger partial charge in [0.15, 0.2) is 11.6 Å². The first kappa shape index (κ1) is 35.3. The van der Waals surface area contributed by atoms with E-state index in [2.05, 4.69) is 0 Å². The summed E-state index contributed by atoms with van der Waals surface area (Å²) in [6.45, 7) is 21.7. The van der Waals surface area contributed by atoms with Gasteiger partial charge in [-0.15, -0.1) is 11.5 Å². The Morgan fingerprint density at radius 2 is 0.714 bits per heavy atom. The van der Waals surface area contributed by atoms with Gasteiger partial charge in [0.25, 0.3) is 0 Å². The summed E-state index contributed by atoms with van der Waals surface area (Å²) in [5.41, 5.74) is -1.83. The molecule has 0 saturated carbocycles. The average molecular weight is 472 g/mol. The maximum Gasteiger partial charge on any atom is 2.00 e. The van der Waals surface area contributed by atoms with Crippen molar-refractivity contribution in [2.75, 3.05) is 0 Å². The van der Waals surface area contributed by atoms with Gasteiger partial charge in [-0.2, -0.15) is 0 Å². The third kappa shape index (κ3) is 15.7. The van der Waals surface area contributed by atoms with E-state index >= 15 is 0 Å². The van der Waals surface area contributed by atoms with Gasteiger partial charge >= 0.3 is 45.5 Å². The molecule has 0 bridgehead atoms. The maximum atomic E-state index is 11.4.